The Morgan fingerprint density at radius 3 is 1.23 bits per heavy atom. The predicted molar refractivity (Wildman–Crippen MR) is 253 cm³/mol. The zero-order valence-electron chi connectivity index (χ0n) is 33.0. The minimum absolute atomic E-state index is 0.142. The Labute approximate surface area is 350 Å². The molecule has 12 aromatic rings. The predicted octanol–water partition coefficient (Wildman–Crippen LogP) is 16.8. The summed E-state index contributed by atoms with van der Waals surface area (Å²) in [6, 6.07) is 66.4. The van der Waals surface area contributed by atoms with Gasteiger partial charge >= 0.3 is 0 Å². The van der Waals surface area contributed by atoms with Crippen molar-refractivity contribution in [3.8, 4) is 55.6 Å². The van der Waals surface area contributed by atoms with Crippen molar-refractivity contribution < 1.29 is 8.83 Å². The van der Waals surface area contributed by atoms with E-state index in [1.54, 1.807) is 0 Å². The Morgan fingerprint density at radius 1 is 0.317 bits per heavy atom. The lowest BCUT2D eigenvalue weighted by atomic mass is 9.81. The zero-order chi connectivity index (χ0) is 39.7. The number of furan rings is 2. The van der Waals surface area contributed by atoms with Gasteiger partial charge in [-0.2, -0.15) is 0 Å². The number of hydrogen-bond acceptors (Lipinski definition) is 3. The van der Waals surface area contributed by atoms with Crippen LogP contribution in [0.2, 0.25) is 0 Å². The third-order valence-electron chi connectivity index (χ3n) is 13.1. The molecule has 60 heavy (non-hydrogen) atoms. The van der Waals surface area contributed by atoms with Gasteiger partial charge in [0.2, 0.25) is 0 Å². The Bertz CT molecular complexity index is 3730. The van der Waals surface area contributed by atoms with E-state index in [9.17, 15) is 0 Å². The molecule has 0 unspecified atom stereocenters. The van der Waals surface area contributed by atoms with Crippen LogP contribution in [-0.4, -0.2) is 0 Å². The highest BCUT2D eigenvalue weighted by atomic mass is 32.1. The van der Waals surface area contributed by atoms with Crippen LogP contribution in [0.4, 0.5) is 0 Å². The van der Waals surface area contributed by atoms with Crippen molar-refractivity contribution in [1.82, 2.24) is 0 Å². The van der Waals surface area contributed by atoms with Gasteiger partial charge in [0.1, 0.15) is 22.3 Å². The van der Waals surface area contributed by atoms with Gasteiger partial charge in [-0.15, -0.1) is 11.3 Å². The van der Waals surface area contributed by atoms with Gasteiger partial charge in [0.05, 0.1) is 0 Å². The molecule has 3 heteroatoms. The van der Waals surface area contributed by atoms with E-state index in [1.807, 2.05) is 11.3 Å². The molecule has 3 heterocycles. The van der Waals surface area contributed by atoms with E-state index in [2.05, 4.69) is 196 Å². The van der Waals surface area contributed by atoms with Crippen LogP contribution in [-0.2, 0) is 5.41 Å². The molecule has 2 nitrogen and oxygen atoms in total. The first-order valence-electron chi connectivity index (χ1n) is 20.6. The Morgan fingerprint density at radius 2 is 0.717 bits per heavy atom. The summed E-state index contributed by atoms with van der Waals surface area (Å²) >= 11 is 1.89. The number of benzene rings is 9. The van der Waals surface area contributed by atoms with Crippen molar-refractivity contribution in [2.75, 3.05) is 0 Å². The Kier molecular flexibility index (Phi) is 6.98. The van der Waals surface area contributed by atoms with E-state index < -0.39 is 0 Å². The zero-order valence-corrected chi connectivity index (χ0v) is 33.9. The van der Waals surface area contributed by atoms with Gasteiger partial charge in [-0.1, -0.05) is 117 Å². The standard InChI is InChI=1S/C57H36O2S/c1-57(2)49-30-40(38-17-23-54-46(28-38)44-26-36(15-21-52(44)59-54)34-11-7-4-8-12-34)13-19-41(49)42-31-48-47-29-39(18-24-55(47)60-56(48)32-50(42)57)37-16-22-53-45(27-37)43-25-35(14-20-51(43)58-53)33-9-5-3-6-10-33/h3-32H,1-2H3. The third-order valence-corrected chi connectivity index (χ3v) is 14.2. The summed E-state index contributed by atoms with van der Waals surface area (Å²) in [5, 5.41) is 7.19. The summed E-state index contributed by atoms with van der Waals surface area (Å²) in [6.07, 6.45) is 0. The second kappa shape index (κ2) is 12.4. The number of rotatable bonds is 4. The Balaban J connectivity index is 0.888. The van der Waals surface area contributed by atoms with Gasteiger partial charge in [0.15, 0.2) is 0 Å². The fraction of sp³-hybridized carbons (Fsp3) is 0.0526. The fourth-order valence-corrected chi connectivity index (χ4v) is 11.0. The summed E-state index contributed by atoms with van der Waals surface area (Å²) < 4.78 is 15.3. The van der Waals surface area contributed by atoms with Crippen LogP contribution >= 0.6 is 11.3 Å². The van der Waals surface area contributed by atoms with Crippen molar-refractivity contribution in [2.45, 2.75) is 19.3 Å². The second-order valence-corrected chi connectivity index (χ2v) is 18.0. The average Bonchev–Trinajstić information content (AvgIpc) is 4.02. The van der Waals surface area contributed by atoms with E-state index in [-0.39, 0.29) is 5.41 Å². The number of thiophene rings is 1. The van der Waals surface area contributed by atoms with Gasteiger partial charge < -0.3 is 8.83 Å². The van der Waals surface area contributed by atoms with Gasteiger partial charge in [-0.25, -0.2) is 0 Å². The maximum absolute atomic E-state index is 6.32. The minimum atomic E-state index is -0.142. The fourth-order valence-electron chi connectivity index (χ4n) is 9.90. The minimum Gasteiger partial charge on any atom is -0.456 e. The molecule has 1 aliphatic carbocycles. The molecule has 0 atom stereocenters. The lowest BCUT2D eigenvalue weighted by Gasteiger charge is -2.22. The molecule has 0 radical (unpaired) electrons. The molecule has 3 aromatic heterocycles. The van der Waals surface area contributed by atoms with Gasteiger partial charge in [0.25, 0.3) is 0 Å². The molecule has 0 spiro atoms. The highest BCUT2D eigenvalue weighted by molar-refractivity contribution is 7.25. The van der Waals surface area contributed by atoms with E-state index in [1.165, 1.54) is 86.9 Å². The van der Waals surface area contributed by atoms with E-state index >= 15 is 0 Å². The van der Waals surface area contributed by atoms with Crippen LogP contribution in [0.25, 0.3) is 120 Å². The van der Waals surface area contributed by atoms with Crippen molar-refractivity contribution in [2.24, 2.45) is 0 Å². The average molecular weight is 785 g/mol. The van der Waals surface area contributed by atoms with Crippen LogP contribution in [0, 0.1) is 0 Å². The second-order valence-electron chi connectivity index (χ2n) is 16.9. The maximum Gasteiger partial charge on any atom is 0.135 e. The highest BCUT2D eigenvalue weighted by Gasteiger charge is 2.36. The molecule has 9 aromatic carbocycles. The molecule has 0 bridgehead atoms. The van der Waals surface area contributed by atoms with E-state index in [0.29, 0.717) is 0 Å². The lowest BCUT2D eigenvalue weighted by molar-refractivity contribution is 0.661. The van der Waals surface area contributed by atoms with E-state index in [4.69, 9.17) is 8.83 Å². The smallest absolute Gasteiger partial charge is 0.135 e. The highest BCUT2D eigenvalue weighted by Crippen LogP contribution is 2.53. The monoisotopic (exact) mass is 784 g/mol. The van der Waals surface area contributed by atoms with Crippen LogP contribution in [0.5, 0.6) is 0 Å². The molecular formula is C57H36O2S. The molecule has 282 valence electrons. The lowest BCUT2D eigenvalue weighted by Crippen LogP contribution is -2.14. The molecule has 0 saturated carbocycles. The molecule has 0 aliphatic heterocycles. The summed E-state index contributed by atoms with van der Waals surface area (Å²) in [6.45, 7) is 4.77. The molecule has 1 aliphatic rings. The van der Waals surface area contributed by atoms with Crippen molar-refractivity contribution in [3.05, 3.63) is 193 Å². The molecule has 13 rings (SSSR count). The summed E-state index contributed by atoms with van der Waals surface area (Å²) in [5.74, 6) is 0. The molecule has 0 N–H and O–H groups in total. The first kappa shape index (κ1) is 33.7. The normalized spacial score (nSPS) is 13.3. The molecule has 0 saturated heterocycles. The van der Waals surface area contributed by atoms with Gasteiger partial charge in [-0.3, -0.25) is 0 Å². The largest absolute Gasteiger partial charge is 0.456 e. The topological polar surface area (TPSA) is 26.3 Å². The van der Waals surface area contributed by atoms with Gasteiger partial charge in [-0.05, 0) is 146 Å². The number of hydrogen-bond donors (Lipinski definition) is 0. The SMILES string of the molecule is CC1(C)c2cc(-c3ccc4oc5ccc(-c6ccccc6)cc5c4c3)ccc2-c2cc3c(cc21)sc1ccc(-c2ccc4oc5ccc(-c6ccccc6)cc5c4c2)cc13. The van der Waals surface area contributed by atoms with Crippen molar-refractivity contribution in [3.63, 3.8) is 0 Å². The maximum atomic E-state index is 6.32. The molecule has 0 amide bonds. The van der Waals surface area contributed by atoms with Crippen LogP contribution in [0.15, 0.2) is 191 Å². The molecule has 0 fully saturated rings. The first-order valence-corrected chi connectivity index (χ1v) is 21.4. The van der Waals surface area contributed by atoms with Crippen molar-refractivity contribution >= 4 is 75.4 Å². The first-order chi connectivity index (χ1) is 29.4. The summed E-state index contributed by atoms with van der Waals surface area (Å²) in [7, 11) is 0. The van der Waals surface area contributed by atoms with Crippen LogP contribution in [0.1, 0.15) is 25.0 Å². The van der Waals surface area contributed by atoms with Crippen LogP contribution < -0.4 is 0 Å². The summed E-state index contributed by atoms with van der Waals surface area (Å²) in [5.41, 5.74) is 18.6. The quantitative estimate of drug-likeness (QED) is 0.178. The summed E-state index contributed by atoms with van der Waals surface area (Å²) in [4.78, 5) is 0. The number of fused-ring (bicyclic) bond motifs is 12. The van der Waals surface area contributed by atoms with Crippen molar-refractivity contribution in [1.29, 1.82) is 0 Å². The van der Waals surface area contributed by atoms with Gasteiger partial charge in [0, 0.05) is 47.1 Å². The van der Waals surface area contributed by atoms with Crippen LogP contribution in [0.3, 0.4) is 0 Å². The van der Waals surface area contributed by atoms with E-state index in [0.717, 1.165) is 43.9 Å². The third kappa shape index (κ3) is 5.00. The Hall–Kier alpha value is -7.20. The molecular weight excluding hydrogens is 749 g/mol.